The molecule has 1 saturated carbocycles. The van der Waals surface area contributed by atoms with Crippen molar-refractivity contribution in [2.24, 2.45) is 11.8 Å². The minimum atomic E-state index is -4.59. The van der Waals surface area contributed by atoms with Crippen molar-refractivity contribution in [2.75, 3.05) is 25.6 Å². The molecule has 3 heterocycles. The van der Waals surface area contributed by atoms with E-state index in [-0.39, 0.29) is 18.3 Å². The molecule has 4 amide bonds. The number of methoxy groups -OCH3 is 1. The van der Waals surface area contributed by atoms with E-state index in [9.17, 15) is 27.6 Å². The molecule has 11 nitrogen and oxygen atoms in total. The van der Waals surface area contributed by atoms with Crippen molar-refractivity contribution in [3.63, 3.8) is 0 Å². The molecule has 224 valence electrons. The Bertz CT molecular complexity index is 1230. The first-order chi connectivity index (χ1) is 19.5. The van der Waals surface area contributed by atoms with Crippen LogP contribution in [0.4, 0.5) is 23.8 Å². The number of nitrogens with zero attached hydrogens (tertiary/aromatic N) is 4. The summed E-state index contributed by atoms with van der Waals surface area (Å²) in [5.74, 6) is -0.288. The molecule has 0 spiro atoms. The first-order valence-corrected chi connectivity index (χ1v) is 13.7. The average molecular weight is 580 g/mol. The topological polar surface area (TPSA) is 130 Å². The number of alkyl halides is 3. The highest BCUT2D eigenvalue weighted by atomic mass is 19.4. The lowest BCUT2D eigenvalue weighted by Crippen LogP contribution is -2.49. The van der Waals surface area contributed by atoms with Gasteiger partial charge in [0.1, 0.15) is 23.6 Å². The van der Waals surface area contributed by atoms with E-state index in [1.807, 2.05) is 12.2 Å². The second-order valence-corrected chi connectivity index (χ2v) is 10.6. The van der Waals surface area contributed by atoms with E-state index in [0.717, 1.165) is 30.6 Å². The quantitative estimate of drug-likeness (QED) is 0.395. The van der Waals surface area contributed by atoms with Gasteiger partial charge in [-0.3, -0.25) is 14.3 Å². The van der Waals surface area contributed by atoms with Crippen LogP contribution in [0.3, 0.4) is 0 Å². The van der Waals surface area contributed by atoms with Crippen LogP contribution >= 0.6 is 0 Å². The normalized spacial score (nSPS) is 22.6. The SMILES string of the molecule is CCn1nccc1C(=O)N[C@@H](C(=O)Nc1cc(C(COC)N2C[C@@H](C(F)(F)F)NC2=O)ccn1)C1CCC(C)CC1. The number of rotatable bonds is 10. The summed E-state index contributed by atoms with van der Waals surface area (Å²) in [4.78, 5) is 44.5. The van der Waals surface area contributed by atoms with E-state index < -0.39 is 48.7 Å². The van der Waals surface area contributed by atoms with Gasteiger partial charge in [-0.1, -0.05) is 19.8 Å². The van der Waals surface area contributed by atoms with Gasteiger partial charge in [0.2, 0.25) is 5.91 Å². The van der Waals surface area contributed by atoms with Crippen molar-refractivity contribution < 1.29 is 32.3 Å². The zero-order valence-electron chi connectivity index (χ0n) is 23.3. The molecule has 2 aromatic rings. The Morgan fingerprint density at radius 3 is 2.56 bits per heavy atom. The Hall–Kier alpha value is -3.68. The molecule has 1 saturated heterocycles. The van der Waals surface area contributed by atoms with Gasteiger partial charge in [-0.25, -0.2) is 9.78 Å². The third kappa shape index (κ3) is 7.16. The fraction of sp³-hybridized carbons (Fsp3) is 0.593. The van der Waals surface area contributed by atoms with Crippen molar-refractivity contribution in [1.29, 1.82) is 0 Å². The summed E-state index contributed by atoms with van der Waals surface area (Å²) in [6, 6.07) is 0.1000. The van der Waals surface area contributed by atoms with Crippen molar-refractivity contribution in [2.45, 2.75) is 70.4 Å². The van der Waals surface area contributed by atoms with Crippen LogP contribution in [0.1, 0.15) is 61.6 Å². The lowest BCUT2D eigenvalue weighted by molar-refractivity contribution is -0.150. The fourth-order valence-electron chi connectivity index (χ4n) is 5.47. The Morgan fingerprint density at radius 1 is 1.20 bits per heavy atom. The van der Waals surface area contributed by atoms with Crippen LogP contribution in [-0.2, 0) is 16.1 Å². The number of hydrogen-bond acceptors (Lipinski definition) is 6. The lowest BCUT2D eigenvalue weighted by Gasteiger charge is -2.32. The van der Waals surface area contributed by atoms with Crippen molar-refractivity contribution in [3.05, 3.63) is 41.9 Å². The van der Waals surface area contributed by atoms with E-state index in [0.29, 0.717) is 23.7 Å². The van der Waals surface area contributed by atoms with Crippen LogP contribution in [0.2, 0.25) is 0 Å². The summed E-state index contributed by atoms with van der Waals surface area (Å²) in [5, 5.41) is 11.8. The minimum Gasteiger partial charge on any atom is -0.382 e. The summed E-state index contributed by atoms with van der Waals surface area (Å²) >= 11 is 0. The highest BCUT2D eigenvalue weighted by Crippen LogP contribution is 2.32. The van der Waals surface area contributed by atoms with Crippen molar-refractivity contribution >= 4 is 23.7 Å². The second kappa shape index (κ2) is 12.9. The number of pyridine rings is 1. The highest BCUT2D eigenvalue weighted by molar-refractivity contribution is 6.00. The largest absolute Gasteiger partial charge is 0.410 e. The minimum absolute atomic E-state index is 0.0700. The molecule has 0 radical (unpaired) electrons. The molecule has 14 heteroatoms. The first-order valence-electron chi connectivity index (χ1n) is 13.7. The van der Waals surface area contributed by atoms with Gasteiger partial charge in [-0.2, -0.15) is 18.3 Å². The van der Waals surface area contributed by atoms with Crippen LogP contribution < -0.4 is 16.0 Å². The number of amides is 4. The third-order valence-electron chi connectivity index (χ3n) is 7.80. The van der Waals surface area contributed by atoms with E-state index >= 15 is 0 Å². The zero-order valence-corrected chi connectivity index (χ0v) is 23.3. The van der Waals surface area contributed by atoms with Crippen LogP contribution in [0.5, 0.6) is 0 Å². The standard InChI is InChI=1S/C27H36F3N7O4/c1-4-37-19(10-12-32-37)24(38)35-23(17-7-5-16(2)6-8-17)25(39)34-22-13-18(9-11-31-22)20(15-41-3)36-14-21(27(28,29)30)33-26(36)40/h9-13,16-17,20-21,23H,4-8,14-15H2,1-3H3,(H,33,40)(H,35,38)(H,31,34,39)/t16?,17?,20?,21-,23+/m0/s1. The number of carbonyl (C=O) groups excluding carboxylic acids is 3. The van der Waals surface area contributed by atoms with Gasteiger partial charge in [0, 0.05) is 26.0 Å². The zero-order chi connectivity index (χ0) is 29.7. The molecule has 2 aliphatic rings. The third-order valence-corrected chi connectivity index (χ3v) is 7.80. The Balaban J connectivity index is 1.54. The molecule has 2 fully saturated rings. The average Bonchev–Trinajstić information content (AvgIpc) is 3.57. The number of hydrogen-bond donors (Lipinski definition) is 3. The number of urea groups is 1. The fourth-order valence-corrected chi connectivity index (χ4v) is 5.47. The van der Waals surface area contributed by atoms with Gasteiger partial charge in [-0.15, -0.1) is 0 Å². The molecule has 0 bridgehead atoms. The molecule has 1 unspecified atom stereocenters. The monoisotopic (exact) mass is 579 g/mol. The highest BCUT2D eigenvalue weighted by Gasteiger charge is 2.48. The molecular weight excluding hydrogens is 543 g/mol. The van der Waals surface area contributed by atoms with E-state index in [1.165, 1.54) is 25.6 Å². The van der Waals surface area contributed by atoms with Gasteiger partial charge in [0.15, 0.2) is 0 Å². The maximum Gasteiger partial charge on any atom is 0.410 e. The molecule has 41 heavy (non-hydrogen) atoms. The first kappa shape index (κ1) is 30.3. The number of ether oxygens (including phenoxy) is 1. The predicted molar refractivity (Wildman–Crippen MR) is 143 cm³/mol. The number of nitrogens with one attached hydrogen (secondary N) is 3. The van der Waals surface area contributed by atoms with Crippen LogP contribution in [0.25, 0.3) is 0 Å². The maximum absolute atomic E-state index is 13.6. The number of halogens is 3. The maximum atomic E-state index is 13.6. The number of anilines is 1. The summed E-state index contributed by atoms with van der Waals surface area (Å²) in [6.07, 6.45) is 1.73. The summed E-state index contributed by atoms with van der Waals surface area (Å²) in [6.45, 7) is 3.86. The van der Waals surface area contributed by atoms with Gasteiger partial charge in [-0.05, 0) is 55.4 Å². The van der Waals surface area contributed by atoms with E-state index in [1.54, 1.807) is 16.8 Å². The summed E-state index contributed by atoms with van der Waals surface area (Å²) in [5.41, 5.74) is 0.784. The molecule has 0 aromatic carbocycles. The van der Waals surface area contributed by atoms with Crippen molar-refractivity contribution in [1.82, 2.24) is 30.3 Å². The van der Waals surface area contributed by atoms with E-state index in [2.05, 4.69) is 27.6 Å². The molecule has 2 aromatic heterocycles. The summed E-state index contributed by atoms with van der Waals surface area (Å²) < 4.78 is 46.6. The second-order valence-electron chi connectivity index (χ2n) is 10.6. The molecule has 3 N–H and O–H groups in total. The molecule has 3 atom stereocenters. The Morgan fingerprint density at radius 2 is 1.93 bits per heavy atom. The number of carbonyl (C=O) groups is 3. The van der Waals surface area contributed by atoms with Gasteiger partial charge in [0.25, 0.3) is 5.91 Å². The number of aromatic nitrogens is 3. The molecule has 1 aliphatic heterocycles. The van der Waals surface area contributed by atoms with Crippen LogP contribution in [0.15, 0.2) is 30.6 Å². The smallest absolute Gasteiger partial charge is 0.382 e. The molecule has 4 rings (SSSR count). The van der Waals surface area contributed by atoms with Gasteiger partial charge in [0.05, 0.1) is 19.2 Å². The van der Waals surface area contributed by atoms with Crippen LogP contribution in [0, 0.1) is 11.8 Å². The Labute approximate surface area is 236 Å². The van der Waals surface area contributed by atoms with Crippen molar-refractivity contribution in [3.8, 4) is 0 Å². The van der Waals surface area contributed by atoms with Gasteiger partial charge >= 0.3 is 12.2 Å². The van der Waals surface area contributed by atoms with Crippen LogP contribution in [-0.4, -0.2) is 76.0 Å². The molecule has 1 aliphatic carbocycles. The van der Waals surface area contributed by atoms with E-state index in [4.69, 9.17) is 4.74 Å². The lowest BCUT2D eigenvalue weighted by atomic mass is 9.79. The summed E-state index contributed by atoms with van der Waals surface area (Å²) in [7, 11) is 1.38. The molecular formula is C27H36F3N7O4. The number of aryl methyl sites for hydroxylation is 1. The Kier molecular flexibility index (Phi) is 9.51. The van der Waals surface area contributed by atoms with Gasteiger partial charge < -0.3 is 25.6 Å². The predicted octanol–water partition coefficient (Wildman–Crippen LogP) is 3.51.